The molecule has 0 atom stereocenters. The maximum absolute atomic E-state index is 5.52. The van der Waals surface area contributed by atoms with E-state index >= 15 is 0 Å². The Labute approximate surface area is 117 Å². The van der Waals surface area contributed by atoms with Gasteiger partial charge in [-0.3, -0.25) is 9.25 Å². The first kappa shape index (κ1) is 12.9. The first-order valence-corrected chi connectivity index (χ1v) is 7.37. The van der Waals surface area contributed by atoms with Gasteiger partial charge in [-0.15, -0.1) is 0 Å². The van der Waals surface area contributed by atoms with Crippen LogP contribution in [0.15, 0.2) is 0 Å². The number of rotatable bonds is 3. The Morgan fingerprint density at radius 1 is 1.42 bits per heavy atom. The molecule has 0 amide bonds. The summed E-state index contributed by atoms with van der Waals surface area (Å²) in [5.41, 5.74) is 3.36. The predicted octanol–water partition coefficient (Wildman–Crippen LogP) is 2.74. The van der Waals surface area contributed by atoms with Crippen LogP contribution < -0.4 is 0 Å². The zero-order valence-corrected chi connectivity index (χ0v) is 12.3. The number of nitrogens with zero attached hydrogens (tertiary/aromatic N) is 3. The van der Waals surface area contributed by atoms with Gasteiger partial charge in [0.05, 0.1) is 5.69 Å². The molecule has 0 unspecified atom stereocenters. The highest BCUT2D eigenvalue weighted by Crippen LogP contribution is 2.27. The van der Waals surface area contributed by atoms with E-state index in [0.717, 1.165) is 60.5 Å². The lowest BCUT2D eigenvalue weighted by Gasteiger charge is -2.23. The lowest BCUT2D eigenvalue weighted by atomic mass is 10.1. The van der Waals surface area contributed by atoms with Crippen molar-refractivity contribution in [1.29, 1.82) is 0 Å². The van der Waals surface area contributed by atoms with Crippen molar-refractivity contribution in [3.05, 3.63) is 10.5 Å². The number of H-pyrrole nitrogens is 1. The number of fused-ring (bicyclic) bond motifs is 1. The van der Waals surface area contributed by atoms with Crippen molar-refractivity contribution in [1.82, 2.24) is 19.3 Å². The first-order valence-electron chi connectivity index (χ1n) is 6.96. The Hall–Kier alpha value is -1.14. The molecule has 19 heavy (non-hydrogen) atoms. The van der Waals surface area contributed by atoms with Crippen LogP contribution in [0.5, 0.6) is 0 Å². The maximum atomic E-state index is 5.52. The fourth-order valence-corrected chi connectivity index (χ4v) is 3.27. The minimum atomic E-state index is 0.430. The molecular formula is C13H20N4OS. The minimum Gasteiger partial charge on any atom is -0.381 e. The summed E-state index contributed by atoms with van der Waals surface area (Å²) in [7, 11) is 2.00. The summed E-state index contributed by atoms with van der Waals surface area (Å²) in [5, 5.41) is 4.62. The third-order valence-corrected chi connectivity index (χ3v) is 4.11. The molecule has 1 aliphatic heterocycles. The van der Waals surface area contributed by atoms with Crippen LogP contribution in [-0.4, -0.2) is 32.5 Å². The molecule has 3 rings (SSSR count). The van der Waals surface area contributed by atoms with Gasteiger partial charge in [-0.1, -0.05) is 13.3 Å². The molecule has 1 aliphatic rings. The third-order valence-electron chi connectivity index (χ3n) is 3.81. The number of aromatic amines is 1. The SMILES string of the molecule is CCCc1nn(C)c2c1[nH]c(=S)n2C1CCOCC1. The zero-order chi connectivity index (χ0) is 13.4. The average Bonchev–Trinajstić information content (AvgIpc) is 2.89. The lowest BCUT2D eigenvalue weighted by Crippen LogP contribution is -2.20. The monoisotopic (exact) mass is 280 g/mol. The molecule has 0 aliphatic carbocycles. The van der Waals surface area contributed by atoms with Gasteiger partial charge in [-0.25, -0.2) is 0 Å². The molecule has 0 spiro atoms. The summed E-state index contributed by atoms with van der Waals surface area (Å²) < 4.78 is 10.5. The fourth-order valence-electron chi connectivity index (χ4n) is 2.93. The Balaban J connectivity index is 2.13. The molecule has 104 valence electrons. The molecule has 5 nitrogen and oxygen atoms in total. The van der Waals surface area contributed by atoms with Crippen LogP contribution in [0.3, 0.4) is 0 Å². The molecule has 0 radical (unpaired) electrons. The predicted molar refractivity (Wildman–Crippen MR) is 77.0 cm³/mol. The highest BCUT2D eigenvalue weighted by atomic mass is 32.1. The fraction of sp³-hybridized carbons (Fsp3) is 0.692. The van der Waals surface area contributed by atoms with E-state index in [2.05, 4.69) is 21.6 Å². The first-order chi connectivity index (χ1) is 9.22. The largest absolute Gasteiger partial charge is 0.381 e. The van der Waals surface area contributed by atoms with Crippen molar-refractivity contribution in [2.45, 2.75) is 38.6 Å². The van der Waals surface area contributed by atoms with Crippen LogP contribution in [0, 0.1) is 4.77 Å². The van der Waals surface area contributed by atoms with E-state index < -0.39 is 0 Å². The van der Waals surface area contributed by atoms with Crippen molar-refractivity contribution < 1.29 is 4.74 Å². The summed E-state index contributed by atoms with van der Waals surface area (Å²) in [5.74, 6) is 0. The van der Waals surface area contributed by atoms with Gasteiger partial charge < -0.3 is 9.72 Å². The van der Waals surface area contributed by atoms with Crippen molar-refractivity contribution in [3.8, 4) is 0 Å². The number of imidazole rings is 1. The van der Waals surface area contributed by atoms with Gasteiger partial charge in [-0.05, 0) is 31.5 Å². The van der Waals surface area contributed by atoms with Crippen LogP contribution >= 0.6 is 12.2 Å². The number of aromatic nitrogens is 4. The molecule has 1 saturated heterocycles. The highest BCUT2D eigenvalue weighted by Gasteiger charge is 2.22. The Morgan fingerprint density at radius 2 is 2.16 bits per heavy atom. The van der Waals surface area contributed by atoms with Crippen molar-refractivity contribution in [2.75, 3.05) is 13.2 Å². The summed E-state index contributed by atoms with van der Waals surface area (Å²) in [4.78, 5) is 3.35. The number of hydrogen-bond donors (Lipinski definition) is 1. The molecule has 6 heteroatoms. The van der Waals surface area contributed by atoms with Crippen LogP contribution in [0.2, 0.25) is 0 Å². The minimum absolute atomic E-state index is 0.430. The number of ether oxygens (including phenoxy) is 1. The van der Waals surface area contributed by atoms with Crippen molar-refractivity contribution >= 4 is 23.4 Å². The van der Waals surface area contributed by atoms with Gasteiger partial charge >= 0.3 is 0 Å². The lowest BCUT2D eigenvalue weighted by molar-refractivity contribution is 0.0700. The van der Waals surface area contributed by atoms with E-state index in [4.69, 9.17) is 17.0 Å². The molecular weight excluding hydrogens is 260 g/mol. The van der Waals surface area contributed by atoms with E-state index in [1.165, 1.54) is 0 Å². The average molecular weight is 280 g/mol. The smallest absolute Gasteiger partial charge is 0.179 e. The summed E-state index contributed by atoms with van der Waals surface area (Å²) >= 11 is 5.52. The summed E-state index contributed by atoms with van der Waals surface area (Å²) in [6, 6.07) is 0.430. The van der Waals surface area contributed by atoms with E-state index in [1.54, 1.807) is 0 Å². The van der Waals surface area contributed by atoms with Gasteiger partial charge in [0.2, 0.25) is 0 Å². The second kappa shape index (κ2) is 5.09. The quantitative estimate of drug-likeness (QED) is 0.879. The molecule has 3 heterocycles. The second-order valence-electron chi connectivity index (χ2n) is 5.16. The molecule has 2 aromatic rings. The summed E-state index contributed by atoms with van der Waals surface area (Å²) in [6.07, 6.45) is 4.13. The molecule has 0 bridgehead atoms. The topological polar surface area (TPSA) is 47.8 Å². The summed E-state index contributed by atoms with van der Waals surface area (Å²) in [6.45, 7) is 3.81. The number of hydrogen-bond acceptors (Lipinski definition) is 3. The van der Waals surface area contributed by atoms with Gasteiger partial charge in [-0.2, -0.15) is 5.10 Å². The van der Waals surface area contributed by atoms with E-state index in [0.29, 0.717) is 6.04 Å². The second-order valence-corrected chi connectivity index (χ2v) is 5.55. The standard InChI is InChI=1S/C13H20N4OS/c1-3-4-10-11-12(16(2)15-10)17(13(19)14-11)9-5-7-18-8-6-9/h9H,3-8H2,1-2H3,(H,14,19). The third kappa shape index (κ3) is 2.12. The van der Waals surface area contributed by atoms with Crippen molar-refractivity contribution in [3.63, 3.8) is 0 Å². The zero-order valence-electron chi connectivity index (χ0n) is 11.5. The van der Waals surface area contributed by atoms with E-state index in [9.17, 15) is 0 Å². The van der Waals surface area contributed by atoms with Crippen LogP contribution in [0.1, 0.15) is 37.9 Å². The molecule has 0 saturated carbocycles. The van der Waals surface area contributed by atoms with E-state index in [1.807, 2.05) is 11.7 Å². The molecule has 1 fully saturated rings. The molecule has 2 aromatic heterocycles. The van der Waals surface area contributed by atoms with Crippen LogP contribution in [0.4, 0.5) is 0 Å². The Morgan fingerprint density at radius 3 is 2.84 bits per heavy atom. The number of aryl methyl sites for hydroxylation is 2. The van der Waals surface area contributed by atoms with Crippen LogP contribution in [0.25, 0.3) is 11.2 Å². The Bertz CT molecular complexity index is 633. The van der Waals surface area contributed by atoms with Gasteiger partial charge in [0.15, 0.2) is 10.4 Å². The Kier molecular flexibility index (Phi) is 3.45. The molecule has 0 aromatic carbocycles. The highest BCUT2D eigenvalue weighted by molar-refractivity contribution is 7.71. The van der Waals surface area contributed by atoms with Crippen molar-refractivity contribution in [2.24, 2.45) is 7.05 Å². The normalized spacial score (nSPS) is 17.4. The molecule has 1 N–H and O–H groups in total. The van der Waals surface area contributed by atoms with E-state index in [-0.39, 0.29) is 0 Å². The number of nitrogens with one attached hydrogen (secondary N) is 1. The van der Waals surface area contributed by atoms with Gasteiger partial charge in [0, 0.05) is 26.3 Å². The van der Waals surface area contributed by atoms with Crippen LogP contribution in [-0.2, 0) is 18.2 Å². The van der Waals surface area contributed by atoms with Gasteiger partial charge in [0.25, 0.3) is 0 Å². The maximum Gasteiger partial charge on any atom is 0.179 e. The van der Waals surface area contributed by atoms with Gasteiger partial charge in [0.1, 0.15) is 5.52 Å².